The molecule has 0 aliphatic rings. The molecule has 0 aliphatic carbocycles. The van der Waals surface area contributed by atoms with Crippen molar-refractivity contribution in [3.63, 3.8) is 0 Å². The molecular formula is C7H17BO. The molecule has 0 fully saturated rings. The zero-order chi connectivity index (χ0) is 7.11. The molecular weight excluding hydrogens is 111 g/mol. The molecule has 0 unspecified atom stereocenters. The number of unbranched alkanes of at least 4 members (excludes halogenated alkanes) is 2. The van der Waals surface area contributed by atoms with Crippen molar-refractivity contribution in [2.75, 3.05) is 7.11 Å². The van der Waals surface area contributed by atoms with Crippen molar-refractivity contribution >= 4 is 6.92 Å². The molecule has 0 spiro atoms. The summed E-state index contributed by atoms with van der Waals surface area (Å²) in [5.41, 5.74) is 0. The van der Waals surface area contributed by atoms with Gasteiger partial charge in [-0.25, -0.2) is 0 Å². The number of rotatable bonds is 5. The Kier molecular flexibility index (Phi) is 6.17. The van der Waals surface area contributed by atoms with E-state index in [0.717, 1.165) is 0 Å². The van der Waals surface area contributed by atoms with E-state index in [-0.39, 0.29) is 0 Å². The molecule has 0 heterocycles. The van der Waals surface area contributed by atoms with Crippen LogP contribution >= 0.6 is 0 Å². The first-order valence-electron chi connectivity index (χ1n) is 3.84. The van der Waals surface area contributed by atoms with E-state index in [1.807, 2.05) is 0 Å². The lowest BCUT2D eigenvalue weighted by Gasteiger charge is -2.02. The summed E-state index contributed by atoms with van der Waals surface area (Å²) in [6, 6.07) is 0. The molecule has 54 valence electrons. The molecule has 9 heavy (non-hydrogen) atoms. The van der Waals surface area contributed by atoms with Crippen molar-refractivity contribution < 1.29 is 4.65 Å². The third kappa shape index (κ3) is 5.90. The van der Waals surface area contributed by atoms with Crippen LogP contribution in [0.4, 0.5) is 0 Å². The molecule has 0 radical (unpaired) electrons. The SMILES string of the molecule is CCCCCB(C)OC. The molecule has 0 aliphatic heterocycles. The van der Waals surface area contributed by atoms with E-state index in [0.29, 0.717) is 6.92 Å². The molecule has 0 saturated heterocycles. The van der Waals surface area contributed by atoms with Crippen LogP contribution in [0, 0.1) is 0 Å². The van der Waals surface area contributed by atoms with Crippen LogP contribution < -0.4 is 0 Å². The lowest BCUT2D eigenvalue weighted by molar-refractivity contribution is 0.421. The normalized spacial score (nSPS) is 9.67. The van der Waals surface area contributed by atoms with Crippen LogP contribution in [0.3, 0.4) is 0 Å². The maximum Gasteiger partial charge on any atom is 0.289 e. The van der Waals surface area contributed by atoms with E-state index in [9.17, 15) is 0 Å². The van der Waals surface area contributed by atoms with E-state index >= 15 is 0 Å². The summed E-state index contributed by atoms with van der Waals surface area (Å²) in [4.78, 5) is 0. The quantitative estimate of drug-likeness (QED) is 0.408. The van der Waals surface area contributed by atoms with E-state index in [1.54, 1.807) is 7.11 Å². The van der Waals surface area contributed by atoms with Crippen LogP contribution in [-0.4, -0.2) is 14.0 Å². The number of hydrogen-bond donors (Lipinski definition) is 0. The van der Waals surface area contributed by atoms with E-state index in [4.69, 9.17) is 4.65 Å². The van der Waals surface area contributed by atoms with Crippen LogP contribution in [0.15, 0.2) is 0 Å². The molecule has 0 bridgehead atoms. The van der Waals surface area contributed by atoms with Gasteiger partial charge < -0.3 is 4.65 Å². The Morgan fingerprint density at radius 1 is 1.33 bits per heavy atom. The molecule has 0 amide bonds. The zero-order valence-corrected chi connectivity index (χ0v) is 6.81. The second-order valence-electron chi connectivity index (χ2n) is 2.54. The van der Waals surface area contributed by atoms with Crippen molar-refractivity contribution in [2.45, 2.75) is 39.3 Å². The van der Waals surface area contributed by atoms with Crippen LogP contribution in [0.25, 0.3) is 0 Å². The van der Waals surface area contributed by atoms with Gasteiger partial charge in [-0.3, -0.25) is 0 Å². The first kappa shape index (κ1) is 9.02. The van der Waals surface area contributed by atoms with Gasteiger partial charge >= 0.3 is 0 Å². The minimum atomic E-state index is 0.455. The van der Waals surface area contributed by atoms with Crippen LogP contribution in [0.5, 0.6) is 0 Å². The highest BCUT2D eigenvalue weighted by molar-refractivity contribution is 6.50. The summed E-state index contributed by atoms with van der Waals surface area (Å²) in [6.07, 6.45) is 5.17. The topological polar surface area (TPSA) is 9.23 Å². The minimum absolute atomic E-state index is 0.455. The third-order valence-corrected chi connectivity index (χ3v) is 1.62. The van der Waals surface area contributed by atoms with Gasteiger partial charge in [0, 0.05) is 7.11 Å². The van der Waals surface area contributed by atoms with Crippen molar-refractivity contribution in [3.8, 4) is 0 Å². The molecule has 0 aromatic carbocycles. The van der Waals surface area contributed by atoms with Crippen molar-refractivity contribution in [3.05, 3.63) is 0 Å². The second kappa shape index (κ2) is 6.15. The average Bonchev–Trinajstić information content (AvgIpc) is 1.89. The van der Waals surface area contributed by atoms with Gasteiger partial charge in [-0.15, -0.1) is 0 Å². The minimum Gasteiger partial charge on any atom is -0.439 e. The molecule has 0 saturated carbocycles. The Labute approximate surface area is 58.9 Å². The first-order valence-corrected chi connectivity index (χ1v) is 3.84. The number of hydrogen-bond acceptors (Lipinski definition) is 1. The predicted octanol–water partition coefficient (Wildman–Crippen LogP) is 2.44. The molecule has 2 heteroatoms. The standard InChI is InChI=1S/C7H17BO/c1-4-5-6-7-8(2)9-3/h4-7H2,1-3H3. The Hall–Kier alpha value is 0.0249. The van der Waals surface area contributed by atoms with Crippen molar-refractivity contribution in [2.24, 2.45) is 0 Å². The van der Waals surface area contributed by atoms with Crippen LogP contribution in [0.2, 0.25) is 13.1 Å². The molecule has 0 rings (SSSR count). The summed E-state index contributed by atoms with van der Waals surface area (Å²) >= 11 is 0. The first-order chi connectivity index (χ1) is 4.31. The lowest BCUT2D eigenvalue weighted by atomic mass is 9.66. The van der Waals surface area contributed by atoms with Gasteiger partial charge in [0.05, 0.1) is 0 Å². The van der Waals surface area contributed by atoms with Gasteiger partial charge in [-0.2, -0.15) is 0 Å². The average molecular weight is 128 g/mol. The summed E-state index contributed by atoms with van der Waals surface area (Å²) < 4.78 is 5.10. The van der Waals surface area contributed by atoms with Gasteiger partial charge in [-0.1, -0.05) is 33.0 Å². The van der Waals surface area contributed by atoms with Gasteiger partial charge in [0.2, 0.25) is 0 Å². The Balaban J connectivity index is 2.88. The fourth-order valence-corrected chi connectivity index (χ4v) is 0.800. The smallest absolute Gasteiger partial charge is 0.289 e. The maximum absolute atomic E-state index is 5.10. The van der Waals surface area contributed by atoms with Crippen LogP contribution in [-0.2, 0) is 4.65 Å². The van der Waals surface area contributed by atoms with Gasteiger partial charge in [0.25, 0.3) is 6.92 Å². The fourth-order valence-electron chi connectivity index (χ4n) is 0.800. The summed E-state index contributed by atoms with van der Waals surface area (Å²) in [5, 5.41) is 0. The predicted molar refractivity (Wildman–Crippen MR) is 43.0 cm³/mol. The fraction of sp³-hybridized carbons (Fsp3) is 1.00. The van der Waals surface area contributed by atoms with Crippen molar-refractivity contribution in [1.82, 2.24) is 0 Å². The Bertz CT molecular complexity index is 56.9. The zero-order valence-electron chi connectivity index (χ0n) is 6.81. The van der Waals surface area contributed by atoms with E-state index in [2.05, 4.69) is 13.7 Å². The highest BCUT2D eigenvalue weighted by atomic mass is 16.4. The van der Waals surface area contributed by atoms with Crippen molar-refractivity contribution in [1.29, 1.82) is 0 Å². The Morgan fingerprint density at radius 2 is 2.00 bits per heavy atom. The van der Waals surface area contributed by atoms with Crippen LogP contribution in [0.1, 0.15) is 26.2 Å². The molecule has 0 aromatic heterocycles. The monoisotopic (exact) mass is 128 g/mol. The molecule has 0 N–H and O–H groups in total. The summed E-state index contributed by atoms with van der Waals surface area (Å²) in [5.74, 6) is 0. The highest BCUT2D eigenvalue weighted by Crippen LogP contribution is 2.03. The molecule has 0 aromatic rings. The lowest BCUT2D eigenvalue weighted by Crippen LogP contribution is -2.08. The summed E-state index contributed by atoms with van der Waals surface area (Å²) in [6.45, 7) is 4.80. The maximum atomic E-state index is 5.10. The Morgan fingerprint density at radius 3 is 2.44 bits per heavy atom. The molecule has 1 nitrogen and oxygen atoms in total. The third-order valence-electron chi connectivity index (χ3n) is 1.62. The summed E-state index contributed by atoms with van der Waals surface area (Å²) in [7, 11) is 1.77. The largest absolute Gasteiger partial charge is 0.439 e. The highest BCUT2D eigenvalue weighted by Gasteiger charge is 2.03. The van der Waals surface area contributed by atoms with Gasteiger partial charge in [-0.05, 0) is 6.32 Å². The molecule has 0 atom stereocenters. The van der Waals surface area contributed by atoms with E-state index in [1.165, 1.54) is 25.6 Å². The second-order valence-corrected chi connectivity index (χ2v) is 2.54. The van der Waals surface area contributed by atoms with Gasteiger partial charge in [0.15, 0.2) is 0 Å². The van der Waals surface area contributed by atoms with Gasteiger partial charge in [0.1, 0.15) is 0 Å². The van der Waals surface area contributed by atoms with E-state index < -0.39 is 0 Å².